The molecule has 76 valence electrons. The molecule has 0 fully saturated rings. The minimum absolute atomic E-state index is 0.0873. The van der Waals surface area contributed by atoms with Crippen molar-refractivity contribution in [1.29, 1.82) is 0 Å². The van der Waals surface area contributed by atoms with E-state index in [2.05, 4.69) is 0 Å². The van der Waals surface area contributed by atoms with Gasteiger partial charge in [-0.1, -0.05) is 24.6 Å². The van der Waals surface area contributed by atoms with Gasteiger partial charge in [-0.05, 0) is 18.1 Å². The van der Waals surface area contributed by atoms with E-state index >= 15 is 0 Å². The molecule has 0 aliphatic heterocycles. The number of rotatable bonds is 3. The summed E-state index contributed by atoms with van der Waals surface area (Å²) in [5.74, 6) is -0.966. The molecule has 2 nitrogen and oxygen atoms in total. The summed E-state index contributed by atoms with van der Waals surface area (Å²) in [5, 5.41) is 0.387. The zero-order valence-electron chi connectivity index (χ0n) is 7.81. The van der Waals surface area contributed by atoms with E-state index in [0.29, 0.717) is 22.6 Å². The molecule has 0 aliphatic rings. The van der Waals surface area contributed by atoms with Gasteiger partial charge in [0.1, 0.15) is 5.82 Å². The van der Waals surface area contributed by atoms with Crippen LogP contribution in [-0.2, 0) is 17.6 Å². The van der Waals surface area contributed by atoms with Crippen molar-refractivity contribution in [2.24, 2.45) is 5.73 Å². The molecule has 0 unspecified atom stereocenters. The van der Waals surface area contributed by atoms with Gasteiger partial charge in [-0.15, -0.1) is 0 Å². The van der Waals surface area contributed by atoms with Crippen molar-refractivity contribution in [2.75, 3.05) is 0 Å². The molecule has 4 heteroatoms. The van der Waals surface area contributed by atoms with Crippen LogP contribution in [-0.4, -0.2) is 5.91 Å². The van der Waals surface area contributed by atoms with Crippen molar-refractivity contribution in [2.45, 2.75) is 19.8 Å². The monoisotopic (exact) mass is 215 g/mol. The van der Waals surface area contributed by atoms with Crippen molar-refractivity contribution in [3.05, 3.63) is 34.1 Å². The normalized spacial score (nSPS) is 10.2. The maximum absolute atomic E-state index is 13.6. The first-order valence-corrected chi connectivity index (χ1v) is 4.68. The second kappa shape index (κ2) is 4.42. The van der Waals surface area contributed by atoms with Gasteiger partial charge in [-0.25, -0.2) is 4.39 Å². The van der Waals surface area contributed by atoms with E-state index < -0.39 is 11.7 Å². The number of amides is 1. The number of carbonyl (C=O) groups is 1. The smallest absolute Gasteiger partial charge is 0.221 e. The Labute approximate surface area is 86.9 Å². The molecule has 2 N–H and O–H groups in total. The van der Waals surface area contributed by atoms with Crippen LogP contribution < -0.4 is 5.73 Å². The third kappa shape index (κ3) is 2.23. The lowest BCUT2D eigenvalue weighted by Gasteiger charge is -2.07. The fraction of sp³-hybridized carbons (Fsp3) is 0.300. The molecule has 0 aromatic heterocycles. The van der Waals surface area contributed by atoms with Gasteiger partial charge in [0.25, 0.3) is 0 Å². The van der Waals surface area contributed by atoms with Gasteiger partial charge < -0.3 is 5.73 Å². The van der Waals surface area contributed by atoms with Crippen molar-refractivity contribution in [3.63, 3.8) is 0 Å². The summed E-state index contributed by atoms with van der Waals surface area (Å²) in [4.78, 5) is 10.6. The molecule has 1 rings (SSSR count). The van der Waals surface area contributed by atoms with Crippen molar-refractivity contribution in [3.8, 4) is 0 Å². The summed E-state index contributed by atoms with van der Waals surface area (Å²) in [7, 11) is 0. The minimum Gasteiger partial charge on any atom is -0.369 e. The first-order chi connectivity index (χ1) is 6.56. The van der Waals surface area contributed by atoms with Gasteiger partial charge in [0.2, 0.25) is 5.91 Å². The SMILES string of the molecule is CCc1c(Cl)ccc(CC(N)=O)c1F. The maximum Gasteiger partial charge on any atom is 0.221 e. The average Bonchev–Trinajstić information content (AvgIpc) is 2.10. The second-order valence-electron chi connectivity index (χ2n) is 3.00. The molecule has 14 heavy (non-hydrogen) atoms. The van der Waals surface area contributed by atoms with Crippen molar-refractivity contribution >= 4 is 17.5 Å². The van der Waals surface area contributed by atoms with E-state index in [-0.39, 0.29) is 6.42 Å². The number of nitrogens with two attached hydrogens (primary N) is 1. The highest BCUT2D eigenvalue weighted by atomic mass is 35.5. The molecular formula is C10H11ClFNO. The molecule has 1 amide bonds. The largest absolute Gasteiger partial charge is 0.369 e. The third-order valence-electron chi connectivity index (χ3n) is 1.98. The van der Waals surface area contributed by atoms with Crippen molar-refractivity contribution in [1.82, 2.24) is 0 Å². The number of benzene rings is 1. The summed E-state index contributed by atoms with van der Waals surface area (Å²) in [5.41, 5.74) is 5.72. The third-order valence-corrected chi connectivity index (χ3v) is 2.34. The lowest BCUT2D eigenvalue weighted by atomic mass is 10.0. The Morgan fingerprint density at radius 3 is 2.71 bits per heavy atom. The summed E-state index contributed by atoms with van der Waals surface area (Å²) in [6.07, 6.45) is 0.410. The van der Waals surface area contributed by atoms with Gasteiger partial charge >= 0.3 is 0 Å². The molecule has 1 aromatic carbocycles. The Balaban J connectivity index is 3.14. The first-order valence-electron chi connectivity index (χ1n) is 4.30. The van der Waals surface area contributed by atoms with E-state index in [1.54, 1.807) is 13.0 Å². The summed E-state index contributed by atoms with van der Waals surface area (Å²) in [6, 6.07) is 3.07. The first kappa shape index (κ1) is 11.0. The lowest BCUT2D eigenvalue weighted by molar-refractivity contribution is -0.117. The Kier molecular flexibility index (Phi) is 3.47. The topological polar surface area (TPSA) is 43.1 Å². The van der Waals surface area contributed by atoms with Crippen LogP contribution in [0.4, 0.5) is 4.39 Å². The fourth-order valence-corrected chi connectivity index (χ4v) is 1.57. The van der Waals surface area contributed by atoms with Gasteiger partial charge in [0.05, 0.1) is 6.42 Å². The standard InChI is InChI=1S/C10H11ClFNO/c1-2-7-8(11)4-3-6(10(7)12)5-9(13)14/h3-4H,2,5H2,1H3,(H2,13,14). The number of hydrogen-bond acceptors (Lipinski definition) is 1. The highest BCUT2D eigenvalue weighted by molar-refractivity contribution is 6.31. The van der Waals surface area contributed by atoms with E-state index in [0.717, 1.165) is 0 Å². The highest BCUT2D eigenvalue weighted by Crippen LogP contribution is 2.22. The van der Waals surface area contributed by atoms with Gasteiger partial charge in [-0.3, -0.25) is 4.79 Å². The van der Waals surface area contributed by atoms with Gasteiger partial charge in [0.15, 0.2) is 0 Å². The molecular weight excluding hydrogens is 205 g/mol. The van der Waals surface area contributed by atoms with Crippen LogP contribution in [0.15, 0.2) is 12.1 Å². The zero-order valence-corrected chi connectivity index (χ0v) is 8.57. The average molecular weight is 216 g/mol. The van der Waals surface area contributed by atoms with Crippen LogP contribution in [0.1, 0.15) is 18.1 Å². The van der Waals surface area contributed by atoms with Crippen LogP contribution in [0.25, 0.3) is 0 Å². The Hall–Kier alpha value is -1.09. The van der Waals surface area contributed by atoms with Gasteiger partial charge in [-0.2, -0.15) is 0 Å². The molecule has 1 aromatic rings. The fourth-order valence-electron chi connectivity index (χ4n) is 1.29. The number of halogens is 2. The highest BCUT2D eigenvalue weighted by Gasteiger charge is 2.11. The molecule has 0 heterocycles. The molecule has 0 radical (unpaired) electrons. The van der Waals surface area contributed by atoms with E-state index in [1.165, 1.54) is 6.07 Å². The summed E-state index contributed by atoms with van der Waals surface area (Å²) in [6.45, 7) is 1.80. The molecule has 0 saturated carbocycles. The van der Waals surface area contributed by atoms with Crippen LogP contribution in [0.2, 0.25) is 5.02 Å². The van der Waals surface area contributed by atoms with E-state index in [1.807, 2.05) is 0 Å². The Morgan fingerprint density at radius 1 is 1.57 bits per heavy atom. The van der Waals surface area contributed by atoms with Crippen LogP contribution in [0.3, 0.4) is 0 Å². The lowest BCUT2D eigenvalue weighted by Crippen LogP contribution is -2.15. The predicted molar refractivity (Wildman–Crippen MR) is 53.7 cm³/mol. The van der Waals surface area contributed by atoms with Crippen LogP contribution >= 0.6 is 11.6 Å². The van der Waals surface area contributed by atoms with Crippen molar-refractivity contribution < 1.29 is 9.18 Å². The number of hydrogen-bond donors (Lipinski definition) is 1. The molecule has 0 atom stereocenters. The van der Waals surface area contributed by atoms with Gasteiger partial charge in [0, 0.05) is 10.6 Å². The molecule has 0 bridgehead atoms. The molecule has 0 saturated heterocycles. The molecule has 0 spiro atoms. The Morgan fingerprint density at radius 2 is 2.21 bits per heavy atom. The second-order valence-corrected chi connectivity index (χ2v) is 3.40. The molecule has 0 aliphatic carbocycles. The Bertz CT molecular complexity index is 365. The zero-order chi connectivity index (χ0) is 10.7. The number of primary amides is 1. The predicted octanol–water partition coefficient (Wildman–Crippen LogP) is 2.07. The minimum atomic E-state index is -0.548. The van der Waals surface area contributed by atoms with E-state index in [9.17, 15) is 9.18 Å². The van der Waals surface area contributed by atoms with E-state index in [4.69, 9.17) is 17.3 Å². The summed E-state index contributed by atoms with van der Waals surface area (Å²) >= 11 is 5.78. The quantitative estimate of drug-likeness (QED) is 0.824. The number of carbonyl (C=O) groups excluding carboxylic acids is 1. The van der Waals surface area contributed by atoms with Crippen LogP contribution in [0, 0.1) is 5.82 Å². The maximum atomic E-state index is 13.6. The summed E-state index contributed by atoms with van der Waals surface area (Å²) < 4.78 is 13.6. The van der Waals surface area contributed by atoms with Crippen LogP contribution in [0.5, 0.6) is 0 Å².